The fourth-order valence-electron chi connectivity index (χ4n) is 4.66. The molecule has 2 aliphatic heterocycles. The van der Waals surface area contributed by atoms with Gasteiger partial charge in [0.15, 0.2) is 5.76 Å². The van der Waals surface area contributed by atoms with Crippen LogP contribution in [0.1, 0.15) is 27.7 Å². The standard InChI is InChI=1S/C25H26N4O4/c1-32-21-8-3-2-7-20(21)27-11-13-28(14-12-27)24(30)19-17-29(25(31)22-9-5-15-33-22)16-18-6-4-10-26-23(18)19/h2-10,15,19H,11-14,16-17H2,1H3. The minimum atomic E-state index is -0.494. The van der Waals surface area contributed by atoms with Gasteiger partial charge in [-0.25, -0.2) is 0 Å². The first kappa shape index (κ1) is 21.1. The molecule has 0 N–H and O–H groups in total. The van der Waals surface area contributed by atoms with Crippen LogP contribution < -0.4 is 9.64 Å². The molecular weight excluding hydrogens is 420 g/mol. The number of anilines is 1. The van der Waals surface area contributed by atoms with Crippen LogP contribution in [-0.2, 0) is 11.3 Å². The van der Waals surface area contributed by atoms with E-state index >= 15 is 0 Å². The number of fused-ring (bicyclic) bond motifs is 1. The SMILES string of the molecule is COc1ccccc1N1CCN(C(=O)C2CN(C(=O)c3ccco3)Cc3cccnc32)CC1. The van der Waals surface area contributed by atoms with Crippen molar-refractivity contribution < 1.29 is 18.7 Å². The number of nitrogens with zero attached hydrogens (tertiary/aromatic N) is 4. The predicted molar refractivity (Wildman–Crippen MR) is 122 cm³/mol. The molecule has 0 bridgehead atoms. The van der Waals surface area contributed by atoms with Crippen LogP contribution in [0, 0.1) is 0 Å². The number of furan rings is 1. The van der Waals surface area contributed by atoms with Crippen molar-refractivity contribution in [3.63, 3.8) is 0 Å². The normalized spacial score (nSPS) is 18.1. The molecule has 1 atom stereocenters. The third-order valence-electron chi connectivity index (χ3n) is 6.35. The van der Waals surface area contributed by atoms with Crippen molar-refractivity contribution in [3.05, 3.63) is 78.0 Å². The monoisotopic (exact) mass is 446 g/mol. The molecule has 1 aromatic carbocycles. The molecule has 0 radical (unpaired) electrons. The van der Waals surface area contributed by atoms with E-state index in [-0.39, 0.29) is 24.1 Å². The molecule has 8 nitrogen and oxygen atoms in total. The lowest BCUT2D eigenvalue weighted by Crippen LogP contribution is -2.52. The van der Waals surface area contributed by atoms with Gasteiger partial charge in [0, 0.05) is 45.5 Å². The maximum atomic E-state index is 13.6. The molecule has 0 aliphatic carbocycles. The molecule has 0 spiro atoms. The summed E-state index contributed by atoms with van der Waals surface area (Å²) in [7, 11) is 1.67. The molecular formula is C25H26N4O4. The Bertz CT molecular complexity index is 1140. The van der Waals surface area contributed by atoms with Gasteiger partial charge in [-0.15, -0.1) is 0 Å². The van der Waals surface area contributed by atoms with Gasteiger partial charge in [-0.1, -0.05) is 18.2 Å². The maximum Gasteiger partial charge on any atom is 0.289 e. The van der Waals surface area contributed by atoms with Crippen molar-refractivity contribution in [2.75, 3.05) is 44.7 Å². The van der Waals surface area contributed by atoms with Crippen LogP contribution in [0.2, 0.25) is 0 Å². The first-order valence-electron chi connectivity index (χ1n) is 11.1. The van der Waals surface area contributed by atoms with E-state index in [0.717, 1.165) is 22.7 Å². The molecule has 170 valence electrons. The molecule has 4 heterocycles. The Morgan fingerprint density at radius 2 is 1.82 bits per heavy atom. The first-order valence-corrected chi connectivity index (χ1v) is 11.1. The average Bonchev–Trinajstić information content (AvgIpc) is 3.42. The number of rotatable bonds is 4. The number of hydrogen-bond donors (Lipinski definition) is 0. The van der Waals surface area contributed by atoms with Crippen molar-refractivity contribution in [1.82, 2.24) is 14.8 Å². The van der Waals surface area contributed by atoms with Crippen molar-refractivity contribution in [1.29, 1.82) is 0 Å². The summed E-state index contributed by atoms with van der Waals surface area (Å²) in [4.78, 5) is 36.9. The Balaban J connectivity index is 1.33. The second-order valence-corrected chi connectivity index (χ2v) is 8.25. The summed E-state index contributed by atoms with van der Waals surface area (Å²) in [6, 6.07) is 15.0. The summed E-state index contributed by atoms with van der Waals surface area (Å²) in [5.74, 6) is 0.403. The Kier molecular flexibility index (Phi) is 5.73. The first-order chi connectivity index (χ1) is 16.2. The number of benzene rings is 1. The van der Waals surface area contributed by atoms with Gasteiger partial charge < -0.3 is 23.9 Å². The molecule has 33 heavy (non-hydrogen) atoms. The molecule has 2 aliphatic rings. The van der Waals surface area contributed by atoms with E-state index in [1.807, 2.05) is 41.3 Å². The van der Waals surface area contributed by atoms with Gasteiger partial charge in [0.05, 0.1) is 30.7 Å². The summed E-state index contributed by atoms with van der Waals surface area (Å²) in [5, 5.41) is 0. The second kappa shape index (κ2) is 8.97. The quantitative estimate of drug-likeness (QED) is 0.613. The molecule has 1 fully saturated rings. The second-order valence-electron chi connectivity index (χ2n) is 8.25. The van der Waals surface area contributed by atoms with Crippen LogP contribution in [-0.4, -0.2) is 66.4 Å². The molecule has 3 aromatic rings. The van der Waals surface area contributed by atoms with E-state index in [4.69, 9.17) is 9.15 Å². The zero-order valence-corrected chi connectivity index (χ0v) is 18.5. The zero-order valence-electron chi connectivity index (χ0n) is 18.5. The molecule has 8 heteroatoms. The minimum Gasteiger partial charge on any atom is -0.495 e. The number of piperazine rings is 1. The van der Waals surface area contributed by atoms with Gasteiger partial charge in [0.25, 0.3) is 5.91 Å². The number of para-hydroxylation sites is 2. The highest BCUT2D eigenvalue weighted by atomic mass is 16.5. The number of methoxy groups -OCH3 is 1. The number of aromatic nitrogens is 1. The van der Waals surface area contributed by atoms with Gasteiger partial charge in [-0.3, -0.25) is 14.6 Å². The fraction of sp³-hybridized carbons (Fsp3) is 0.320. The van der Waals surface area contributed by atoms with Crippen molar-refractivity contribution in [2.45, 2.75) is 12.5 Å². The van der Waals surface area contributed by atoms with Gasteiger partial charge in [0.2, 0.25) is 5.91 Å². The number of pyridine rings is 1. The lowest BCUT2D eigenvalue weighted by Gasteiger charge is -2.40. The van der Waals surface area contributed by atoms with E-state index in [9.17, 15) is 9.59 Å². The van der Waals surface area contributed by atoms with E-state index < -0.39 is 5.92 Å². The highest BCUT2D eigenvalue weighted by molar-refractivity contribution is 5.93. The van der Waals surface area contributed by atoms with Crippen LogP contribution >= 0.6 is 0 Å². The Morgan fingerprint density at radius 1 is 1.00 bits per heavy atom. The number of carbonyl (C=O) groups excluding carboxylic acids is 2. The van der Waals surface area contributed by atoms with E-state index in [1.54, 1.807) is 30.3 Å². The molecule has 0 saturated carbocycles. The van der Waals surface area contributed by atoms with Gasteiger partial charge in [-0.05, 0) is 35.9 Å². The highest BCUT2D eigenvalue weighted by Crippen LogP contribution is 2.31. The maximum absolute atomic E-state index is 13.6. The summed E-state index contributed by atoms with van der Waals surface area (Å²) < 4.78 is 10.8. The van der Waals surface area contributed by atoms with E-state index in [1.165, 1.54) is 6.26 Å². The lowest BCUT2D eigenvalue weighted by molar-refractivity contribution is -0.133. The lowest BCUT2D eigenvalue weighted by atomic mass is 9.93. The summed E-state index contributed by atoms with van der Waals surface area (Å²) in [6.07, 6.45) is 3.19. The minimum absolute atomic E-state index is 0.00608. The Morgan fingerprint density at radius 3 is 2.58 bits per heavy atom. The zero-order chi connectivity index (χ0) is 22.8. The van der Waals surface area contributed by atoms with E-state index in [0.29, 0.717) is 32.7 Å². The number of ether oxygens (including phenoxy) is 1. The predicted octanol–water partition coefficient (Wildman–Crippen LogP) is 2.77. The van der Waals surface area contributed by atoms with Gasteiger partial charge >= 0.3 is 0 Å². The summed E-state index contributed by atoms with van der Waals surface area (Å²) in [6.45, 7) is 3.32. The molecule has 1 saturated heterocycles. The van der Waals surface area contributed by atoms with Crippen molar-refractivity contribution in [2.24, 2.45) is 0 Å². The van der Waals surface area contributed by atoms with E-state index in [2.05, 4.69) is 9.88 Å². The highest BCUT2D eigenvalue weighted by Gasteiger charge is 2.37. The third-order valence-corrected chi connectivity index (χ3v) is 6.35. The topological polar surface area (TPSA) is 79.1 Å². The number of carbonyl (C=O) groups is 2. The van der Waals surface area contributed by atoms with Crippen LogP contribution in [0.5, 0.6) is 5.75 Å². The molecule has 2 aromatic heterocycles. The van der Waals surface area contributed by atoms with Crippen LogP contribution in [0.15, 0.2) is 65.4 Å². The van der Waals surface area contributed by atoms with Gasteiger partial charge in [-0.2, -0.15) is 0 Å². The van der Waals surface area contributed by atoms with Crippen LogP contribution in [0.4, 0.5) is 5.69 Å². The molecule has 5 rings (SSSR count). The van der Waals surface area contributed by atoms with Crippen LogP contribution in [0.3, 0.4) is 0 Å². The van der Waals surface area contributed by atoms with Crippen molar-refractivity contribution in [3.8, 4) is 5.75 Å². The smallest absolute Gasteiger partial charge is 0.289 e. The Hall–Kier alpha value is -3.81. The fourth-order valence-corrected chi connectivity index (χ4v) is 4.66. The molecule has 1 unspecified atom stereocenters. The third kappa shape index (κ3) is 4.04. The summed E-state index contributed by atoms with van der Waals surface area (Å²) in [5.41, 5.74) is 2.69. The average molecular weight is 447 g/mol. The number of hydrogen-bond acceptors (Lipinski definition) is 6. The summed E-state index contributed by atoms with van der Waals surface area (Å²) >= 11 is 0. The van der Waals surface area contributed by atoms with Crippen molar-refractivity contribution >= 4 is 17.5 Å². The largest absolute Gasteiger partial charge is 0.495 e. The Labute approximate surface area is 192 Å². The molecule has 2 amide bonds. The number of amides is 2. The van der Waals surface area contributed by atoms with Gasteiger partial charge in [0.1, 0.15) is 5.75 Å². The van der Waals surface area contributed by atoms with Crippen LogP contribution in [0.25, 0.3) is 0 Å².